The molecule has 1 aliphatic rings. The first kappa shape index (κ1) is 22.3. The third-order valence-corrected chi connectivity index (χ3v) is 7.69. The Hall–Kier alpha value is -3.53. The number of hydrogen-bond acceptors (Lipinski definition) is 5. The molecule has 166 valence electrons. The van der Waals surface area contributed by atoms with Gasteiger partial charge in [-0.3, -0.25) is 9.69 Å². The van der Waals surface area contributed by atoms with Crippen molar-refractivity contribution in [3.8, 4) is 17.3 Å². The molecule has 2 heterocycles. The Labute approximate surface area is 207 Å². The Bertz CT molecular complexity index is 1360. The molecule has 0 saturated heterocycles. The van der Waals surface area contributed by atoms with Gasteiger partial charge in [0.1, 0.15) is 11.1 Å². The number of carbonyl (C=O) groups is 1. The first-order chi connectivity index (χ1) is 16.6. The summed E-state index contributed by atoms with van der Waals surface area (Å²) in [6.45, 7) is 2.05. The summed E-state index contributed by atoms with van der Waals surface area (Å²) in [5.41, 5.74) is 5.37. The lowest BCUT2D eigenvalue weighted by Crippen LogP contribution is -2.28. The van der Waals surface area contributed by atoms with Gasteiger partial charge in [0, 0.05) is 27.5 Å². The molecule has 5 rings (SSSR count). The van der Waals surface area contributed by atoms with E-state index in [0.717, 1.165) is 32.4 Å². The summed E-state index contributed by atoms with van der Waals surface area (Å²) in [5, 5.41) is 10.2. The Morgan fingerprint density at radius 3 is 2.24 bits per heavy atom. The third kappa shape index (κ3) is 4.45. The van der Waals surface area contributed by atoms with Crippen molar-refractivity contribution in [3.63, 3.8) is 0 Å². The predicted molar refractivity (Wildman–Crippen MR) is 139 cm³/mol. The van der Waals surface area contributed by atoms with Crippen molar-refractivity contribution < 1.29 is 4.79 Å². The molecule has 0 spiro atoms. The second kappa shape index (κ2) is 9.76. The second-order valence-corrected chi connectivity index (χ2v) is 10.1. The van der Waals surface area contributed by atoms with Gasteiger partial charge in [-0.2, -0.15) is 5.26 Å². The van der Waals surface area contributed by atoms with E-state index in [1.807, 2.05) is 90.7 Å². The normalized spacial score (nSPS) is 11.9. The van der Waals surface area contributed by atoms with Crippen molar-refractivity contribution in [2.75, 3.05) is 10.7 Å². The number of amides is 1. The average Bonchev–Trinajstić information content (AvgIpc) is 2.87. The van der Waals surface area contributed by atoms with Crippen LogP contribution in [0.15, 0.2) is 99.7 Å². The van der Waals surface area contributed by atoms with Crippen LogP contribution >= 0.6 is 23.5 Å². The van der Waals surface area contributed by atoms with Crippen LogP contribution in [0.4, 0.5) is 11.4 Å². The summed E-state index contributed by atoms with van der Waals surface area (Å²) in [4.78, 5) is 22.1. The number of anilines is 2. The van der Waals surface area contributed by atoms with Crippen molar-refractivity contribution >= 4 is 40.8 Å². The number of fused-ring (bicyclic) bond motifs is 2. The number of nitrogens with zero attached hydrogens (tertiary/aromatic N) is 3. The van der Waals surface area contributed by atoms with Crippen LogP contribution in [0.2, 0.25) is 0 Å². The summed E-state index contributed by atoms with van der Waals surface area (Å²) in [6.07, 6.45) is 0.333. The van der Waals surface area contributed by atoms with E-state index in [-0.39, 0.29) is 5.91 Å². The third-order valence-electron chi connectivity index (χ3n) is 5.56. The monoisotopic (exact) mass is 479 g/mol. The molecular formula is C28H21N3OS2. The molecule has 1 amide bonds. The fraction of sp³-hybridized carbons (Fsp3) is 0.107. The average molecular weight is 480 g/mol. The Balaban J connectivity index is 1.35. The highest BCUT2D eigenvalue weighted by molar-refractivity contribution is 7.99. The van der Waals surface area contributed by atoms with Crippen LogP contribution in [-0.4, -0.2) is 16.6 Å². The zero-order chi connectivity index (χ0) is 23.5. The number of nitriles is 1. The molecule has 0 fully saturated rings. The first-order valence-electron chi connectivity index (χ1n) is 10.9. The standard InChI is InChI=1S/C28H21N3OS2/c1-19-10-12-20(13-11-19)22-15-14-21(18-29)28(30-22)33-17-16-27(32)31-23-6-2-4-8-25(23)34-26-9-5-3-7-24(26)31/h2-15H,16-17H2,1H3. The summed E-state index contributed by atoms with van der Waals surface area (Å²) < 4.78 is 0. The highest BCUT2D eigenvalue weighted by Crippen LogP contribution is 2.48. The molecule has 4 aromatic rings. The minimum atomic E-state index is 0.0286. The first-order valence-corrected chi connectivity index (χ1v) is 12.7. The number of hydrogen-bond donors (Lipinski definition) is 0. The van der Waals surface area contributed by atoms with Gasteiger partial charge in [-0.15, -0.1) is 11.8 Å². The van der Waals surface area contributed by atoms with Crippen molar-refractivity contribution in [3.05, 3.63) is 96.1 Å². The van der Waals surface area contributed by atoms with E-state index in [0.29, 0.717) is 22.8 Å². The number of rotatable bonds is 5. The number of thioether (sulfide) groups is 1. The topological polar surface area (TPSA) is 57.0 Å². The number of para-hydroxylation sites is 2. The zero-order valence-corrected chi connectivity index (χ0v) is 20.2. The van der Waals surface area contributed by atoms with Gasteiger partial charge >= 0.3 is 0 Å². The van der Waals surface area contributed by atoms with Crippen LogP contribution in [0.25, 0.3) is 11.3 Å². The maximum absolute atomic E-state index is 13.4. The highest BCUT2D eigenvalue weighted by atomic mass is 32.2. The van der Waals surface area contributed by atoms with E-state index < -0.39 is 0 Å². The Kier molecular flexibility index (Phi) is 6.39. The lowest BCUT2D eigenvalue weighted by atomic mass is 10.1. The van der Waals surface area contributed by atoms with E-state index in [4.69, 9.17) is 4.98 Å². The van der Waals surface area contributed by atoms with Crippen molar-refractivity contribution in [2.45, 2.75) is 28.2 Å². The summed E-state index contributed by atoms with van der Waals surface area (Å²) in [7, 11) is 0. The molecule has 34 heavy (non-hydrogen) atoms. The summed E-state index contributed by atoms with van der Waals surface area (Å²) in [5.74, 6) is 0.562. The van der Waals surface area contributed by atoms with Gasteiger partial charge in [0.25, 0.3) is 0 Å². The second-order valence-electron chi connectivity index (χ2n) is 7.89. The summed E-state index contributed by atoms with van der Waals surface area (Å²) >= 11 is 3.14. The van der Waals surface area contributed by atoms with Gasteiger partial charge in [0.05, 0.1) is 22.6 Å². The molecule has 0 unspecified atom stereocenters. The number of pyridine rings is 1. The quantitative estimate of drug-likeness (QED) is 0.282. The van der Waals surface area contributed by atoms with E-state index in [1.54, 1.807) is 17.8 Å². The Morgan fingerprint density at radius 1 is 0.941 bits per heavy atom. The molecule has 3 aromatic carbocycles. The maximum atomic E-state index is 13.4. The van der Waals surface area contributed by atoms with E-state index >= 15 is 0 Å². The number of aromatic nitrogens is 1. The van der Waals surface area contributed by atoms with Crippen molar-refractivity contribution in [2.24, 2.45) is 0 Å². The smallest absolute Gasteiger partial charge is 0.232 e. The van der Waals surface area contributed by atoms with Gasteiger partial charge in [-0.05, 0) is 43.3 Å². The molecule has 0 aliphatic carbocycles. The van der Waals surface area contributed by atoms with Gasteiger partial charge in [-0.25, -0.2) is 4.98 Å². The number of carbonyl (C=O) groups excluding carboxylic acids is 1. The van der Waals surface area contributed by atoms with E-state index in [2.05, 4.69) is 6.07 Å². The maximum Gasteiger partial charge on any atom is 0.232 e. The molecule has 0 atom stereocenters. The van der Waals surface area contributed by atoms with Crippen LogP contribution < -0.4 is 4.90 Å². The fourth-order valence-corrected chi connectivity index (χ4v) is 5.80. The predicted octanol–water partition coefficient (Wildman–Crippen LogP) is 7.24. The molecule has 4 nitrogen and oxygen atoms in total. The molecule has 1 aliphatic heterocycles. The lowest BCUT2D eigenvalue weighted by Gasteiger charge is -2.31. The minimum absolute atomic E-state index is 0.0286. The molecule has 0 saturated carbocycles. The van der Waals surface area contributed by atoms with Crippen LogP contribution in [0, 0.1) is 18.3 Å². The zero-order valence-electron chi connectivity index (χ0n) is 18.6. The minimum Gasteiger partial charge on any atom is -0.279 e. The molecule has 0 bridgehead atoms. The molecular weight excluding hydrogens is 458 g/mol. The molecule has 6 heteroatoms. The van der Waals surface area contributed by atoms with Crippen LogP contribution in [0.1, 0.15) is 17.5 Å². The van der Waals surface area contributed by atoms with Gasteiger partial charge in [0.15, 0.2) is 0 Å². The molecule has 1 aromatic heterocycles. The fourth-order valence-electron chi connectivity index (χ4n) is 3.84. The van der Waals surface area contributed by atoms with E-state index in [9.17, 15) is 10.1 Å². The highest BCUT2D eigenvalue weighted by Gasteiger charge is 2.27. The van der Waals surface area contributed by atoms with E-state index in [1.165, 1.54) is 17.3 Å². The number of aryl methyl sites for hydroxylation is 1. The van der Waals surface area contributed by atoms with Crippen LogP contribution in [-0.2, 0) is 4.79 Å². The lowest BCUT2D eigenvalue weighted by molar-refractivity contribution is -0.117. The van der Waals surface area contributed by atoms with Gasteiger partial charge < -0.3 is 0 Å². The Morgan fingerprint density at radius 2 is 1.59 bits per heavy atom. The van der Waals surface area contributed by atoms with Gasteiger partial charge in [-0.1, -0.05) is 65.9 Å². The van der Waals surface area contributed by atoms with Crippen molar-refractivity contribution in [1.82, 2.24) is 4.98 Å². The van der Waals surface area contributed by atoms with Gasteiger partial charge in [0.2, 0.25) is 5.91 Å². The summed E-state index contributed by atoms with van der Waals surface area (Å²) in [6, 6.07) is 30.1. The number of benzene rings is 3. The van der Waals surface area contributed by atoms with Crippen LogP contribution in [0.5, 0.6) is 0 Å². The van der Waals surface area contributed by atoms with Crippen molar-refractivity contribution in [1.29, 1.82) is 5.26 Å². The van der Waals surface area contributed by atoms with Crippen LogP contribution in [0.3, 0.4) is 0 Å². The SMILES string of the molecule is Cc1ccc(-c2ccc(C#N)c(SCCC(=O)N3c4ccccc4Sc4ccccc43)n2)cc1. The molecule has 0 N–H and O–H groups in total. The largest absolute Gasteiger partial charge is 0.279 e. The molecule has 0 radical (unpaired) electrons.